The van der Waals surface area contributed by atoms with Crippen LogP contribution < -0.4 is 0 Å². The van der Waals surface area contributed by atoms with Gasteiger partial charge in [-0.25, -0.2) is 0 Å². The minimum Gasteiger partial charge on any atom is -0.379 e. The second-order valence-electron chi connectivity index (χ2n) is 4.05. The van der Waals surface area contributed by atoms with Crippen LogP contribution in [0, 0.1) is 0 Å². The van der Waals surface area contributed by atoms with E-state index in [1.54, 1.807) is 0 Å². The zero-order valence-corrected chi connectivity index (χ0v) is 10.1. The van der Waals surface area contributed by atoms with Gasteiger partial charge in [0.2, 0.25) is 0 Å². The Hall–Kier alpha value is -1.17. The van der Waals surface area contributed by atoms with E-state index in [1.165, 1.54) is 0 Å². The first-order chi connectivity index (χ1) is 8.34. The molecule has 1 aliphatic rings. The van der Waals surface area contributed by atoms with Crippen LogP contribution in [0.4, 0.5) is 0 Å². The van der Waals surface area contributed by atoms with Crippen molar-refractivity contribution in [3.8, 4) is 0 Å². The van der Waals surface area contributed by atoms with Crippen molar-refractivity contribution in [1.82, 2.24) is 19.5 Å². The molecule has 6 heteroatoms. The van der Waals surface area contributed by atoms with Gasteiger partial charge in [0, 0.05) is 13.1 Å². The number of aromatic nitrogens is 3. The lowest BCUT2D eigenvalue weighted by atomic mass is 10.4. The number of halogens is 1. The summed E-state index contributed by atoms with van der Waals surface area (Å²) in [6.07, 6.45) is 0. The minimum absolute atomic E-state index is 0.649. The second-order valence-corrected chi connectivity index (χ2v) is 4.43. The lowest BCUT2D eigenvalue weighted by molar-refractivity contribution is 0.0329. The normalized spacial score (nSPS) is 17.7. The molecule has 0 unspecified atom stereocenters. The first-order valence-electron chi connectivity index (χ1n) is 5.63. The Morgan fingerprint density at radius 3 is 2.88 bits per heavy atom. The molecule has 0 radical (unpaired) electrons. The van der Waals surface area contributed by atoms with Crippen LogP contribution in [0.1, 0.15) is 5.82 Å². The Balaban J connectivity index is 1.89. The molecule has 17 heavy (non-hydrogen) atoms. The first kappa shape index (κ1) is 11.0. The van der Waals surface area contributed by atoms with E-state index in [0.717, 1.165) is 44.3 Å². The number of nitrogens with zero attached hydrogens (tertiary/aromatic N) is 4. The monoisotopic (exact) mass is 252 g/mol. The van der Waals surface area contributed by atoms with E-state index in [0.29, 0.717) is 5.15 Å². The predicted molar refractivity (Wildman–Crippen MR) is 64.1 cm³/mol. The van der Waals surface area contributed by atoms with Crippen LogP contribution in [0.15, 0.2) is 18.2 Å². The van der Waals surface area contributed by atoms with E-state index in [4.69, 9.17) is 16.3 Å². The van der Waals surface area contributed by atoms with Crippen molar-refractivity contribution in [1.29, 1.82) is 0 Å². The zero-order valence-electron chi connectivity index (χ0n) is 9.34. The molecule has 1 saturated heterocycles. The highest BCUT2D eigenvalue weighted by Crippen LogP contribution is 2.15. The summed E-state index contributed by atoms with van der Waals surface area (Å²) in [5, 5.41) is 8.96. The Labute approximate surface area is 104 Å². The van der Waals surface area contributed by atoms with Gasteiger partial charge in [0.1, 0.15) is 5.15 Å². The second kappa shape index (κ2) is 4.60. The third-order valence-electron chi connectivity index (χ3n) is 2.92. The van der Waals surface area contributed by atoms with Gasteiger partial charge in [-0.3, -0.25) is 9.30 Å². The van der Waals surface area contributed by atoms with E-state index < -0.39 is 0 Å². The quantitative estimate of drug-likeness (QED) is 0.754. The number of ether oxygens (including phenoxy) is 1. The van der Waals surface area contributed by atoms with Crippen molar-refractivity contribution in [2.75, 3.05) is 26.3 Å². The van der Waals surface area contributed by atoms with Crippen LogP contribution in [-0.4, -0.2) is 45.8 Å². The van der Waals surface area contributed by atoms with Crippen molar-refractivity contribution in [2.24, 2.45) is 0 Å². The van der Waals surface area contributed by atoms with Crippen LogP contribution in [0.5, 0.6) is 0 Å². The van der Waals surface area contributed by atoms with Gasteiger partial charge >= 0.3 is 0 Å². The summed E-state index contributed by atoms with van der Waals surface area (Å²) in [5.74, 6) is 0.882. The van der Waals surface area contributed by atoms with E-state index in [1.807, 2.05) is 22.6 Å². The van der Waals surface area contributed by atoms with E-state index >= 15 is 0 Å². The maximum absolute atomic E-state index is 6.16. The number of rotatable bonds is 2. The Kier molecular flexibility index (Phi) is 2.96. The molecule has 0 atom stereocenters. The number of fused-ring (bicyclic) bond motifs is 1. The average molecular weight is 253 g/mol. The van der Waals surface area contributed by atoms with Crippen molar-refractivity contribution < 1.29 is 4.74 Å². The van der Waals surface area contributed by atoms with Crippen LogP contribution in [0.3, 0.4) is 0 Å². The minimum atomic E-state index is 0.649. The summed E-state index contributed by atoms with van der Waals surface area (Å²) in [4.78, 5) is 2.29. The third kappa shape index (κ3) is 2.13. The highest BCUT2D eigenvalue weighted by molar-refractivity contribution is 6.29. The Bertz CT molecular complexity index is 521. The molecule has 90 valence electrons. The molecule has 0 amide bonds. The molecule has 0 aromatic carbocycles. The van der Waals surface area contributed by atoms with E-state index in [9.17, 15) is 0 Å². The van der Waals surface area contributed by atoms with Crippen LogP contribution >= 0.6 is 11.6 Å². The smallest absolute Gasteiger partial charge is 0.161 e. The first-order valence-corrected chi connectivity index (χ1v) is 6.01. The number of morpholine rings is 1. The topological polar surface area (TPSA) is 42.7 Å². The van der Waals surface area contributed by atoms with Crippen molar-refractivity contribution in [3.63, 3.8) is 0 Å². The highest BCUT2D eigenvalue weighted by Gasteiger charge is 2.15. The van der Waals surface area contributed by atoms with Crippen molar-refractivity contribution >= 4 is 17.2 Å². The zero-order chi connectivity index (χ0) is 11.7. The predicted octanol–water partition coefficient (Wildman–Crippen LogP) is 1.21. The summed E-state index contributed by atoms with van der Waals surface area (Å²) in [7, 11) is 0. The molecule has 0 aliphatic carbocycles. The van der Waals surface area contributed by atoms with Gasteiger partial charge in [-0.05, 0) is 12.1 Å². The van der Waals surface area contributed by atoms with Crippen molar-refractivity contribution in [3.05, 3.63) is 29.2 Å². The molecule has 2 aromatic heterocycles. The maximum Gasteiger partial charge on any atom is 0.161 e. The summed E-state index contributed by atoms with van der Waals surface area (Å²) in [6.45, 7) is 4.18. The molecular formula is C11H13ClN4O. The SMILES string of the molecule is Clc1cccc2nnc(CN3CCOCC3)n12. The molecule has 0 bridgehead atoms. The summed E-state index contributed by atoms with van der Waals surface area (Å²) < 4.78 is 7.21. The standard InChI is InChI=1S/C11H13ClN4O/c12-9-2-1-3-10-13-14-11(16(9)10)8-15-4-6-17-7-5-15/h1-3H,4-8H2. The molecule has 1 aliphatic heterocycles. The van der Waals surface area contributed by atoms with Crippen LogP contribution in [-0.2, 0) is 11.3 Å². The van der Waals surface area contributed by atoms with E-state index in [-0.39, 0.29) is 0 Å². The van der Waals surface area contributed by atoms with Crippen LogP contribution in [0.25, 0.3) is 5.65 Å². The largest absolute Gasteiger partial charge is 0.379 e. The number of hydrogen-bond donors (Lipinski definition) is 0. The summed E-state index contributed by atoms with van der Waals surface area (Å²) >= 11 is 6.16. The molecule has 2 aromatic rings. The maximum atomic E-state index is 6.16. The fourth-order valence-electron chi connectivity index (χ4n) is 2.02. The third-order valence-corrected chi connectivity index (χ3v) is 3.21. The molecule has 1 fully saturated rings. The summed E-state index contributed by atoms with van der Waals surface area (Å²) in [5.41, 5.74) is 0.792. The Morgan fingerprint density at radius 2 is 2.06 bits per heavy atom. The fourth-order valence-corrected chi connectivity index (χ4v) is 2.28. The summed E-state index contributed by atoms with van der Waals surface area (Å²) in [6, 6.07) is 5.63. The van der Waals surface area contributed by atoms with Crippen LogP contribution in [0.2, 0.25) is 5.15 Å². The van der Waals surface area contributed by atoms with Gasteiger partial charge in [-0.15, -0.1) is 10.2 Å². The molecule has 0 saturated carbocycles. The molecule has 0 N–H and O–H groups in total. The molecule has 3 heterocycles. The molecule has 5 nitrogen and oxygen atoms in total. The fraction of sp³-hybridized carbons (Fsp3) is 0.455. The lowest BCUT2D eigenvalue weighted by Crippen LogP contribution is -2.36. The molecule has 0 spiro atoms. The molecule has 3 rings (SSSR count). The van der Waals surface area contributed by atoms with Crippen molar-refractivity contribution in [2.45, 2.75) is 6.54 Å². The Morgan fingerprint density at radius 1 is 1.24 bits per heavy atom. The van der Waals surface area contributed by atoms with Gasteiger partial charge in [0.25, 0.3) is 0 Å². The highest BCUT2D eigenvalue weighted by atomic mass is 35.5. The van der Waals surface area contributed by atoms with Gasteiger partial charge in [-0.2, -0.15) is 0 Å². The average Bonchev–Trinajstić information content (AvgIpc) is 2.75. The number of pyridine rings is 1. The molecular weight excluding hydrogens is 240 g/mol. The van der Waals surface area contributed by atoms with Gasteiger partial charge in [-0.1, -0.05) is 17.7 Å². The van der Waals surface area contributed by atoms with Gasteiger partial charge in [0.05, 0.1) is 19.8 Å². The van der Waals surface area contributed by atoms with Gasteiger partial charge in [0.15, 0.2) is 11.5 Å². The lowest BCUT2D eigenvalue weighted by Gasteiger charge is -2.25. The van der Waals surface area contributed by atoms with Gasteiger partial charge < -0.3 is 4.74 Å². The number of hydrogen-bond acceptors (Lipinski definition) is 4. The van der Waals surface area contributed by atoms with E-state index in [2.05, 4.69) is 15.1 Å².